The molecule has 0 amide bonds. The zero-order valence-corrected chi connectivity index (χ0v) is 12.6. The third-order valence-corrected chi connectivity index (χ3v) is 2.95. The second kappa shape index (κ2) is 9.67. The lowest BCUT2D eigenvalue weighted by molar-refractivity contribution is 0.116. The molecule has 1 aromatic rings. The maximum atomic E-state index is 13.7. The number of nitrogens with one attached hydrogen (secondary N) is 1. The average molecular weight is 279 g/mol. The molecule has 0 aliphatic heterocycles. The summed E-state index contributed by atoms with van der Waals surface area (Å²) in [5.74, 6) is 0.421. The van der Waals surface area contributed by atoms with Crippen LogP contribution >= 0.6 is 0 Å². The average Bonchev–Trinajstić information content (AvgIpc) is 2.41. The van der Waals surface area contributed by atoms with Gasteiger partial charge in [0.1, 0.15) is 5.82 Å². The first-order valence-corrected chi connectivity index (χ1v) is 7.30. The molecular formula is C17H26FNO. The standard InChI is InChI=1S/C17H26FNO/c1-4-5-6-9-20-13-16-10-15(7-8-17(16)18)12-19-11-14(2)3/h4,7-8,10,14,19H,1,5-6,9,11-13H2,2-3H3. The summed E-state index contributed by atoms with van der Waals surface area (Å²) in [7, 11) is 0. The Bertz CT molecular complexity index is 404. The summed E-state index contributed by atoms with van der Waals surface area (Å²) in [6.45, 7) is 10.7. The Morgan fingerprint density at radius 1 is 1.40 bits per heavy atom. The van der Waals surface area contributed by atoms with Crippen LogP contribution in [-0.4, -0.2) is 13.2 Å². The molecule has 0 bridgehead atoms. The summed E-state index contributed by atoms with van der Waals surface area (Å²) in [6, 6.07) is 5.23. The molecule has 1 rings (SSSR count). The maximum Gasteiger partial charge on any atom is 0.128 e. The van der Waals surface area contributed by atoms with E-state index in [0.29, 0.717) is 24.7 Å². The van der Waals surface area contributed by atoms with Crippen LogP contribution in [0.1, 0.15) is 37.8 Å². The first-order chi connectivity index (χ1) is 9.63. The lowest BCUT2D eigenvalue weighted by Gasteiger charge is -2.10. The van der Waals surface area contributed by atoms with Gasteiger partial charge < -0.3 is 10.1 Å². The number of hydrogen-bond donors (Lipinski definition) is 1. The molecule has 0 saturated carbocycles. The molecule has 0 unspecified atom stereocenters. The van der Waals surface area contributed by atoms with Gasteiger partial charge in [0, 0.05) is 18.7 Å². The lowest BCUT2D eigenvalue weighted by atomic mass is 10.1. The zero-order chi connectivity index (χ0) is 14.8. The predicted octanol–water partition coefficient (Wildman–Crippen LogP) is 4.05. The Labute approximate surface area is 122 Å². The largest absolute Gasteiger partial charge is 0.377 e. The number of benzene rings is 1. The molecule has 0 aliphatic rings. The van der Waals surface area contributed by atoms with E-state index in [-0.39, 0.29) is 5.82 Å². The van der Waals surface area contributed by atoms with Crippen molar-refractivity contribution >= 4 is 0 Å². The Morgan fingerprint density at radius 3 is 2.90 bits per heavy atom. The molecule has 0 heterocycles. The van der Waals surface area contributed by atoms with E-state index in [0.717, 1.165) is 31.5 Å². The maximum absolute atomic E-state index is 13.7. The monoisotopic (exact) mass is 279 g/mol. The number of hydrogen-bond acceptors (Lipinski definition) is 2. The second-order valence-corrected chi connectivity index (χ2v) is 5.43. The van der Waals surface area contributed by atoms with E-state index >= 15 is 0 Å². The van der Waals surface area contributed by atoms with Crippen LogP contribution < -0.4 is 5.32 Å². The van der Waals surface area contributed by atoms with E-state index in [9.17, 15) is 4.39 Å². The summed E-state index contributed by atoms with van der Waals surface area (Å²) in [4.78, 5) is 0. The molecule has 1 N–H and O–H groups in total. The zero-order valence-electron chi connectivity index (χ0n) is 12.6. The number of allylic oxidation sites excluding steroid dienone is 1. The van der Waals surface area contributed by atoms with Crippen molar-refractivity contribution in [3.8, 4) is 0 Å². The highest BCUT2D eigenvalue weighted by Crippen LogP contribution is 2.12. The minimum absolute atomic E-state index is 0.193. The van der Waals surface area contributed by atoms with Gasteiger partial charge in [-0.25, -0.2) is 4.39 Å². The fourth-order valence-electron chi connectivity index (χ4n) is 1.87. The summed E-state index contributed by atoms with van der Waals surface area (Å²) in [5.41, 5.74) is 1.73. The highest BCUT2D eigenvalue weighted by atomic mass is 19.1. The van der Waals surface area contributed by atoms with Crippen LogP contribution in [0.5, 0.6) is 0 Å². The molecule has 112 valence electrons. The van der Waals surface area contributed by atoms with Gasteiger partial charge in [-0.3, -0.25) is 0 Å². The van der Waals surface area contributed by atoms with E-state index < -0.39 is 0 Å². The molecule has 20 heavy (non-hydrogen) atoms. The first kappa shape index (κ1) is 16.9. The van der Waals surface area contributed by atoms with Crippen molar-refractivity contribution in [1.82, 2.24) is 5.32 Å². The lowest BCUT2D eigenvalue weighted by Crippen LogP contribution is -2.19. The van der Waals surface area contributed by atoms with Crippen molar-refractivity contribution in [2.24, 2.45) is 5.92 Å². The van der Waals surface area contributed by atoms with Crippen LogP contribution in [0.15, 0.2) is 30.9 Å². The molecule has 0 fully saturated rings. The predicted molar refractivity (Wildman–Crippen MR) is 82.0 cm³/mol. The molecule has 0 saturated heterocycles. The Hall–Kier alpha value is -1.19. The fraction of sp³-hybridized carbons (Fsp3) is 0.529. The van der Waals surface area contributed by atoms with Crippen molar-refractivity contribution in [3.63, 3.8) is 0 Å². The first-order valence-electron chi connectivity index (χ1n) is 7.30. The summed E-state index contributed by atoms with van der Waals surface area (Å²) >= 11 is 0. The van der Waals surface area contributed by atoms with Gasteiger partial charge in [0.2, 0.25) is 0 Å². The highest BCUT2D eigenvalue weighted by Gasteiger charge is 2.04. The minimum atomic E-state index is -0.193. The van der Waals surface area contributed by atoms with E-state index in [4.69, 9.17) is 4.74 Å². The third kappa shape index (κ3) is 6.83. The van der Waals surface area contributed by atoms with Crippen molar-refractivity contribution in [1.29, 1.82) is 0 Å². The molecule has 3 heteroatoms. The number of ether oxygens (including phenoxy) is 1. The van der Waals surface area contributed by atoms with Crippen molar-refractivity contribution in [2.75, 3.05) is 13.2 Å². The Kier molecular flexibility index (Phi) is 8.16. The van der Waals surface area contributed by atoms with E-state index in [1.54, 1.807) is 0 Å². The fourth-order valence-corrected chi connectivity index (χ4v) is 1.87. The number of rotatable bonds is 10. The van der Waals surface area contributed by atoms with Crippen molar-refractivity contribution in [2.45, 2.75) is 39.8 Å². The molecule has 2 nitrogen and oxygen atoms in total. The summed E-state index contributed by atoms with van der Waals surface area (Å²) in [5, 5.41) is 3.36. The number of halogens is 1. The van der Waals surface area contributed by atoms with Gasteiger partial charge in [0.05, 0.1) is 6.61 Å². The SMILES string of the molecule is C=CCCCOCc1cc(CNCC(C)C)ccc1F. The van der Waals surface area contributed by atoms with Gasteiger partial charge in [-0.2, -0.15) is 0 Å². The minimum Gasteiger partial charge on any atom is -0.377 e. The van der Waals surface area contributed by atoms with Crippen molar-refractivity contribution in [3.05, 3.63) is 47.8 Å². The number of unbranched alkanes of at least 4 members (excludes halogenated alkanes) is 1. The highest BCUT2D eigenvalue weighted by molar-refractivity contribution is 5.24. The molecule has 0 radical (unpaired) electrons. The molecule has 0 aromatic heterocycles. The van der Waals surface area contributed by atoms with Crippen LogP contribution in [-0.2, 0) is 17.9 Å². The Morgan fingerprint density at radius 2 is 2.20 bits per heavy atom. The van der Waals surface area contributed by atoms with Gasteiger partial charge in [0.25, 0.3) is 0 Å². The quantitative estimate of drug-likeness (QED) is 0.515. The van der Waals surface area contributed by atoms with Crippen LogP contribution in [0.2, 0.25) is 0 Å². The smallest absolute Gasteiger partial charge is 0.128 e. The van der Waals surface area contributed by atoms with Crippen LogP contribution in [0.25, 0.3) is 0 Å². The van der Waals surface area contributed by atoms with Gasteiger partial charge in [-0.1, -0.05) is 26.0 Å². The normalized spacial score (nSPS) is 11.0. The van der Waals surface area contributed by atoms with E-state index in [1.165, 1.54) is 6.07 Å². The van der Waals surface area contributed by atoms with E-state index in [1.807, 2.05) is 18.2 Å². The third-order valence-electron chi connectivity index (χ3n) is 2.95. The topological polar surface area (TPSA) is 21.3 Å². The van der Waals surface area contributed by atoms with Gasteiger partial charge in [-0.15, -0.1) is 6.58 Å². The second-order valence-electron chi connectivity index (χ2n) is 5.43. The summed E-state index contributed by atoms with van der Waals surface area (Å²) < 4.78 is 19.2. The van der Waals surface area contributed by atoms with Crippen LogP contribution in [0.3, 0.4) is 0 Å². The molecule has 0 aliphatic carbocycles. The molecular weight excluding hydrogens is 253 g/mol. The molecule has 0 spiro atoms. The van der Waals surface area contributed by atoms with Gasteiger partial charge in [0.15, 0.2) is 0 Å². The Balaban J connectivity index is 2.42. The van der Waals surface area contributed by atoms with E-state index in [2.05, 4.69) is 25.7 Å². The van der Waals surface area contributed by atoms with Gasteiger partial charge in [-0.05, 0) is 43.0 Å². The van der Waals surface area contributed by atoms with Crippen LogP contribution in [0, 0.1) is 11.7 Å². The van der Waals surface area contributed by atoms with Crippen LogP contribution in [0.4, 0.5) is 4.39 Å². The summed E-state index contributed by atoms with van der Waals surface area (Å²) in [6.07, 6.45) is 3.73. The molecule has 0 atom stereocenters. The van der Waals surface area contributed by atoms with Gasteiger partial charge >= 0.3 is 0 Å². The van der Waals surface area contributed by atoms with Crippen molar-refractivity contribution < 1.29 is 9.13 Å². The molecule has 1 aromatic carbocycles.